The Labute approximate surface area is 111 Å². The average Bonchev–Trinajstić information content (AvgIpc) is 2.78. The van der Waals surface area contributed by atoms with Crippen molar-refractivity contribution in [3.05, 3.63) is 15.9 Å². The van der Waals surface area contributed by atoms with E-state index >= 15 is 0 Å². The molecule has 1 aromatic rings. The standard InChI is InChI=1S/C12H20BrN3O/c1-8-12(13)10(16(2)15-8)7-14-6-9-4-3-5-11(9)17/h9,11,14,17H,3-7H2,1-2H3. The van der Waals surface area contributed by atoms with Crippen LogP contribution >= 0.6 is 15.9 Å². The molecule has 0 spiro atoms. The summed E-state index contributed by atoms with van der Waals surface area (Å²) < 4.78 is 2.98. The molecule has 2 unspecified atom stereocenters. The fourth-order valence-electron chi connectivity index (χ4n) is 2.50. The summed E-state index contributed by atoms with van der Waals surface area (Å²) in [6.07, 6.45) is 3.14. The predicted octanol–water partition coefficient (Wildman–Crippen LogP) is 1.74. The maximum Gasteiger partial charge on any atom is 0.0739 e. The first kappa shape index (κ1) is 13.1. The summed E-state index contributed by atoms with van der Waals surface area (Å²) in [6.45, 7) is 3.67. The fraction of sp³-hybridized carbons (Fsp3) is 0.750. The molecule has 0 amide bonds. The predicted molar refractivity (Wildman–Crippen MR) is 70.7 cm³/mol. The van der Waals surface area contributed by atoms with Crippen LogP contribution in [0.3, 0.4) is 0 Å². The maximum atomic E-state index is 9.73. The van der Waals surface area contributed by atoms with Gasteiger partial charge < -0.3 is 10.4 Å². The van der Waals surface area contributed by atoms with Gasteiger partial charge in [-0.3, -0.25) is 4.68 Å². The summed E-state index contributed by atoms with van der Waals surface area (Å²) in [4.78, 5) is 0. The molecule has 1 aromatic heterocycles. The van der Waals surface area contributed by atoms with Gasteiger partial charge in [-0.15, -0.1) is 0 Å². The van der Waals surface area contributed by atoms with Gasteiger partial charge in [0.2, 0.25) is 0 Å². The molecule has 2 N–H and O–H groups in total. The molecule has 4 nitrogen and oxygen atoms in total. The van der Waals surface area contributed by atoms with Crippen molar-refractivity contribution in [3.8, 4) is 0 Å². The molecular weight excluding hydrogens is 282 g/mol. The number of aliphatic hydroxyl groups excluding tert-OH is 1. The van der Waals surface area contributed by atoms with Crippen molar-refractivity contribution < 1.29 is 5.11 Å². The molecular formula is C12H20BrN3O. The smallest absolute Gasteiger partial charge is 0.0739 e. The minimum Gasteiger partial charge on any atom is -0.393 e. The summed E-state index contributed by atoms with van der Waals surface area (Å²) in [5.41, 5.74) is 2.18. The molecule has 0 aromatic carbocycles. The topological polar surface area (TPSA) is 50.1 Å². The molecule has 96 valence electrons. The Bertz CT molecular complexity index is 391. The number of hydrogen-bond acceptors (Lipinski definition) is 3. The van der Waals surface area contributed by atoms with Crippen LogP contribution in [0.2, 0.25) is 0 Å². The van der Waals surface area contributed by atoms with Crippen LogP contribution in [0.4, 0.5) is 0 Å². The zero-order valence-electron chi connectivity index (χ0n) is 10.4. The van der Waals surface area contributed by atoms with Crippen LogP contribution in [0.5, 0.6) is 0 Å². The number of aryl methyl sites for hydroxylation is 2. The summed E-state index contributed by atoms with van der Waals surface area (Å²) in [7, 11) is 1.96. The molecule has 1 saturated carbocycles. The van der Waals surface area contributed by atoms with E-state index in [2.05, 4.69) is 26.3 Å². The second-order valence-electron chi connectivity index (χ2n) is 4.86. The summed E-state index contributed by atoms with van der Waals surface area (Å²) in [6, 6.07) is 0. The minimum atomic E-state index is -0.112. The van der Waals surface area contributed by atoms with Gasteiger partial charge in [0.1, 0.15) is 0 Å². The number of rotatable bonds is 4. The van der Waals surface area contributed by atoms with Crippen LogP contribution in [0.15, 0.2) is 4.47 Å². The molecule has 1 heterocycles. The van der Waals surface area contributed by atoms with Crippen molar-refractivity contribution in [2.75, 3.05) is 6.54 Å². The lowest BCUT2D eigenvalue weighted by Gasteiger charge is -2.15. The molecule has 0 saturated heterocycles. The molecule has 5 heteroatoms. The lowest BCUT2D eigenvalue weighted by Crippen LogP contribution is -2.28. The number of aromatic nitrogens is 2. The van der Waals surface area contributed by atoms with Crippen LogP contribution in [0.1, 0.15) is 30.7 Å². The summed E-state index contributed by atoms with van der Waals surface area (Å²) in [5, 5.41) is 17.5. The normalized spacial score (nSPS) is 24.5. The van der Waals surface area contributed by atoms with Crippen molar-refractivity contribution in [1.82, 2.24) is 15.1 Å². The molecule has 2 rings (SSSR count). The maximum absolute atomic E-state index is 9.73. The SMILES string of the molecule is Cc1nn(C)c(CNCC2CCCC2O)c1Br. The van der Waals surface area contributed by atoms with E-state index in [-0.39, 0.29) is 6.10 Å². The zero-order valence-corrected chi connectivity index (χ0v) is 12.0. The first-order valence-corrected chi connectivity index (χ1v) is 6.95. The van der Waals surface area contributed by atoms with Gasteiger partial charge >= 0.3 is 0 Å². The van der Waals surface area contributed by atoms with E-state index < -0.39 is 0 Å². The Kier molecular flexibility index (Phi) is 4.22. The van der Waals surface area contributed by atoms with Crippen molar-refractivity contribution in [1.29, 1.82) is 0 Å². The van der Waals surface area contributed by atoms with Gasteiger partial charge in [-0.1, -0.05) is 6.42 Å². The average molecular weight is 302 g/mol. The Balaban J connectivity index is 1.85. The van der Waals surface area contributed by atoms with E-state index in [1.165, 1.54) is 0 Å². The highest BCUT2D eigenvalue weighted by Crippen LogP contribution is 2.25. The highest BCUT2D eigenvalue weighted by molar-refractivity contribution is 9.10. The van der Waals surface area contributed by atoms with Gasteiger partial charge in [0.15, 0.2) is 0 Å². The second-order valence-corrected chi connectivity index (χ2v) is 5.65. The Hall–Kier alpha value is -0.390. The number of nitrogens with one attached hydrogen (secondary N) is 1. The van der Waals surface area contributed by atoms with E-state index in [1.54, 1.807) is 0 Å². The van der Waals surface area contributed by atoms with E-state index in [1.807, 2.05) is 18.7 Å². The first-order chi connectivity index (χ1) is 8.09. The van der Waals surface area contributed by atoms with Gasteiger partial charge in [0, 0.05) is 20.1 Å². The largest absolute Gasteiger partial charge is 0.393 e. The van der Waals surface area contributed by atoms with Crippen molar-refractivity contribution in [3.63, 3.8) is 0 Å². The summed E-state index contributed by atoms with van der Waals surface area (Å²) in [5.74, 6) is 0.420. The van der Waals surface area contributed by atoms with E-state index in [0.717, 1.165) is 48.2 Å². The van der Waals surface area contributed by atoms with Crippen molar-refractivity contribution in [2.45, 2.75) is 38.8 Å². The lowest BCUT2D eigenvalue weighted by atomic mass is 10.1. The number of aliphatic hydroxyl groups is 1. The molecule has 1 aliphatic carbocycles. The zero-order chi connectivity index (χ0) is 12.4. The van der Waals surface area contributed by atoms with E-state index in [9.17, 15) is 5.11 Å². The third kappa shape index (κ3) is 2.89. The van der Waals surface area contributed by atoms with Gasteiger partial charge in [-0.05, 0) is 41.6 Å². The molecule has 2 atom stereocenters. The molecule has 1 aliphatic rings. The number of halogens is 1. The highest BCUT2D eigenvalue weighted by Gasteiger charge is 2.24. The second kappa shape index (κ2) is 5.50. The number of hydrogen-bond donors (Lipinski definition) is 2. The van der Waals surface area contributed by atoms with E-state index in [0.29, 0.717) is 5.92 Å². The Morgan fingerprint density at radius 3 is 2.82 bits per heavy atom. The van der Waals surface area contributed by atoms with Crippen LogP contribution in [-0.2, 0) is 13.6 Å². The Morgan fingerprint density at radius 2 is 2.29 bits per heavy atom. The van der Waals surface area contributed by atoms with Crippen LogP contribution in [-0.4, -0.2) is 27.5 Å². The third-order valence-electron chi connectivity index (χ3n) is 3.58. The highest BCUT2D eigenvalue weighted by atomic mass is 79.9. The molecule has 0 bridgehead atoms. The first-order valence-electron chi connectivity index (χ1n) is 6.16. The Morgan fingerprint density at radius 1 is 1.53 bits per heavy atom. The third-order valence-corrected chi connectivity index (χ3v) is 4.61. The summed E-state index contributed by atoms with van der Waals surface area (Å²) >= 11 is 3.55. The van der Waals surface area contributed by atoms with Gasteiger partial charge in [0.05, 0.1) is 22.0 Å². The lowest BCUT2D eigenvalue weighted by molar-refractivity contribution is 0.131. The molecule has 0 aliphatic heterocycles. The fourth-order valence-corrected chi connectivity index (χ4v) is 2.98. The monoisotopic (exact) mass is 301 g/mol. The van der Waals surface area contributed by atoms with Crippen molar-refractivity contribution in [2.24, 2.45) is 13.0 Å². The van der Waals surface area contributed by atoms with Crippen LogP contribution < -0.4 is 5.32 Å². The van der Waals surface area contributed by atoms with Gasteiger partial charge in [-0.25, -0.2) is 0 Å². The van der Waals surface area contributed by atoms with Gasteiger partial charge in [-0.2, -0.15) is 5.10 Å². The van der Waals surface area contributed by atoms with Crippen LogP contribution in [0.25, 0.3) is 0 Å². The number of nitrogens with zero attached hydrogens (tertiary/aromatic N) is 2. The van der Waals surface area contributed by atoms with Crippen LogP contribution in [0, 0.1) is 12.8 Å². The molecule has 17 heavy (non-hydrogen) atoms. The molecule has 0 radical (unpaired) electrons. The molecule has 1 fully saturated rings. The quantitative estimate of drug-likeness (QED) is 0.891. The van der Waals surface area contributed by atoms with Gasteiger partial charge in [0.25, 0.3) is 0 Å². The van der Waals surface area contributed by atoms with Crippen molar-refractivity contribution >= 4 is 15.9 Å². The van der Waals surface area contributed by atoms with E-state index in [4.69, 9.17) is 0 Å². The minimum absolute atomic E-state index is 0.112.